The second kappa shape index (κ2) is 5.77. The normalized spacial score (nSPS) is 26.4. The molecule has 0 aromatic rings. The van der Waals surface area contributed by atoms with Crippen LogP contribution in [0.15, 0.2) is 0 Å². The summed E-state index contributed by atoms with van der Waals surface area (Å²) < 4.78 is 10.4. The quantitative estimate of drug-likeness (QED) is 0.364. The molecule has 1 unspecified atom stereocenters. The molecule has 1 heterocycles. The molecule has 0 radical (unpaired) electrons. The van der Waals surface area contributed by atoms with E-state index in [9.17, 15) is 10.1 Å². The Balaban J connectivity index is 2.24. The topological polar surface area (TPSA) is 70.8 Å². The van der Waals surface area contributed by atoms with Gasteiger partial charge in [-0.2, -0.15) is 0 Å². The Bertz CT molecular complexity index is 187. The van der Waals surface area contributed by atoms with Gasteiger partial charge in [-0.05, 0) is 6.42 Å². The van der Waals surface area contributed by atoms with Crippen molar-refractivity contribution >= 4 is 0 Å². The van der Waals surface area contributed by atoms with Gasteiger partial charge >= 0.3 is 0 Å². The third kappa shape index (κ3) is 3.47. The highest BCUT2D eigenvalue weighted by Gasteiger charge is 2.31. The molecule has 0 N–H and O–H groups in total. The minimum absolute atomic E-state index is 0.234. The number of rotatable bonds is 6. The maximum atomic E-state index is 10.1. The first-order valence-electron chi connectivity index (χ1n) is 4.74. The van der Waals surface area contributed by atoms with Crippen LogP contribution in [0.5, 0.6) is 0 Å². The summed E-state index contributed by atoms with van der Waals surface area (Å²) in [5, 5.41) is 9.31. The van der Waals surface area contributed by atoms with Crippen molar-refractivity contribution in [2.24, 2.45) is 0 Å². The number of unbranched alkanes of at least 4 members (excludes halogenated alkanes) is 1. The molecular weight excluding hydrogens is 190 g/mol. The standard InChI is InChI=1S/C8H15NO5/c1-2-3-4-13-7-5-12-6-8(7)14-9(10)11/h7-8H,2-6H2,1H3/t7-,8?/m0/s1. The lowest BCUT2D eigenvalue weighted by Gasteiger charge is -2.15. The third-order valence-corrected chi connectivity index (χ3v) is 2.03. The van der Waals surface area contributed by atoms with Crippen molar-refractivity contribution in [3.05, 3.63) is 10.1 Å². The smallest absolute Gasteiger partial charge is 0.294 e. The average molecular weight is 205 g/mol. The van der Waals surface area contributed by atoms with Crippen LogP contribution in [0.2, 0.25) is 0 Å². The van der Waals surface area contributed by atoms with Crippen LogP contribution in [0, 0.1) is 10.1 Å². The first-order chi connectivity index (χ1) is 6.74. The highest BCUT2D eigenvalue weighted by molar-refractivity contribution is 4.75. The molecule has 1 aliphatic rings. The SMILES string of the molecule is CCCCO[C@H]1COCC1O[N+](=O)[O-]. The van der Waals surface area contributed by atoms with Gasteiger partial charge in [-0.1, -0.05) is 13.3 Å². The molecule has 14 heavy (non-hydrogen) atoms. The Morgan fingerprint density at radius 2 is 2.21 bits per heavy atom. The molecule has 0 bridgehead atoms. The maximum absolute atomic E-state index is 10.1. The molecule has 0 spiro atoms. The summed E-state index contributed by atoms with van der Waals surface area (Å²) >= 11 is 0. The Labute approximate surface area is 82.2 Å². The van der Waals surface area contributed by atoms with Gasteiger partial charge in [0.25, 0.3) is 5.09 Å². The fourth-order valence-corrected chi connectivity index (χ4v) is 1.26. The van der Waals surface area contributed by atoms with Crippen LogP contribution >= 0.6 is 0 Å². The van der Waals surface area contributed by atoms with Gasteiger partial charge < -0.3 is 14.3 Å². The molecule has 1 rings (SSSR count). The zero-order chi connectivity index (χ0) is 10.4. The van der Waals surface area contributed by atoms with Gasteiger partial charge in [-0.25, -0.2) is 0 Å². The molecule has 0 aliphatic carbocycles. The number of ether oxygens (including phenoxy) is 2. The number of hydrogen-bond acceptors (Lipinski definition) is 5. The Morgan fingerprint density at radius 3 is 2.86 bits per heavy atom. The Kier molecular flexibility index (Phi) is 4.61. The number of nitrogens with zero attached hydrogens (tertiary/aromatic N) is 1. The Hall–Kier alpha value is -0.880. The zero-order valence-electron chi connectivity index (χ0n) is 8.18. The van der Waals surface area contributed by atoms with E-state index >= 15 is 0 Å². The lowest BCUT2D eigenvalue weighted by molar-refractivity contribution is -0.769. The van der Waals surface area contributed by atoms with Gasteiger partial charge in [0.05, 0.1) is 13.2 Å². The lowest BCUT2D eigenvalue weighted by atomic mass is 10.2. The van der Waals surface area contributed by atoms with Gasteiger partial charge in [0, 0.05) is 6.61 Å². The molecule has 6 heteroatoms. The van der Waals surface area contributed by atoms with E-state index in [4.69, 9.17) is 9.47 Å². The van der Waals surface area contributed by atoms with E-state index < -0.39 is 11.2 Å². The molecule has 1 saturated heterocycles. The van der Waals surface area contributed by atoms with Crippen LogP contribution in [0.3, 0.4) is 0 Å². The van der Waals surface area contributed by atoms with Crippen LogP contribution < -0.4 is 0 Å². The van der Waals surface area contributed by atoms with E-state index in [2.05, 4.69) is 11.8 Å². The summed E-state index contributed by atoms with van der Waals surface area (Å²) in [5.41, 5.74) is 0. The summed E-state index contributed by atoms with van der Waals surface area (Å²) in [4.78, 5) is 14.5. The molecule has 82 valence electrons. The molecular formula is C8H15NO5. The highest BCUT2D eigenvalue weighted by Crippen LogP contribution is 2.13. The van der Waals surface area contributed by atoms with Crippen molar-refractivity contribution < 1.29 is 19.4 Å². The zero-order valence-corrected chi connectivity index (χ0v) is 8.18. The average Bonchev–Trinajstić information content (AvgIpc) is 2.52. The second-order valence-electron chi connectivity index (χ2n) is 3.17. The third-order valence-electron chi connectivity index (χ3n) is 2.03. The van der Waals surface area contributed by atoms with Crippen molar-refractivity contribution in [2.75, 3.05) is 19.8 Å². The molecule has 1 aliphatic heterocycles. The van der Waals surface area contributed by atoms with Gasteiger partial charge in [0.1, 0.15) is 6.10 Å². The predicted octanol–water partition coefficient (Wildman–Crippen LogP) is 0.779. The van der Waals surface area contributed by atoms with Gasteiger partial charge in [0.2, 0.25) is 0 Å². The van der Waals surface area contributed by atoms with E-state index in [1.807, 2.05) is 0 Å². The predicted molar refractivity (Wildman–Crippen MR) is 47.3 cm³/mol. The van der Waals surface area contributed by atoms with Crippen molar-refractivity contribution in [1.82, 2.24) is 0 Å². The molecule has 0 saturated carbocycles. The molecule has 0 amide bonds. The van der Waals surface area contributed by atoms with E-state index in [1.165, 1.54) is 0 Å². The minimum atomic E-state index is -0.796. The van der Waals surface area contributed by atoms with Crippen LogP contribution in [0.4, 0.5) is 0 Å². The maximum Gasteiger partial charge on any atom is 0.294 e. The molecule has 0 aromatic carbocycles. The first kappa shape index (κ1) is 11.2. The molecule has 6 nitrogen and oxygen atoms in total. The van der Waals surface area contributed by atoms with Gasteiger partial charge in [-0.15, -0.1) is 10.1 Å². The summed E-state index contributed by atoms with van der Waals surface area (Å²) in [5.74, 6) is 0. The van der Waals surface area contributed by atoms with E-state index in [0.717, 1.165) is 12.8 Å². The summed E-state index contributed by atoms with van der Waals surface area (Å²) in [6, 6.07) is 0. The van der Waals surface area contributed by atoms with E-state index in [0.29, 0.717) is 13.2 Å². The van der Waals surface area contributed by atoms with Crippen molar-refractivity contribution in [3.8, 4) is 0 Å². The summed E-state index contributed by atoms with van der Waals surface area (Å²) in [7, 11) is 0. The monoisotopic (exact) mass is 205 g/mol. The van der Waals surface area contributed by atoms with Crippen molar-refractivity contribution in [2.45, 2.75) is 32.0 Å². The molecule has 2 atom stereocenters. The van der Waals surface area contributed by atoms with Crippen molar-refractivity contribution in [1.29, 1.82) is 0 Å². The van der Waals surface area contributed by atoms with Crippen LogP contribution in [0.1, 0.15) is 19.8 Å². The van der Waals surface area contributed by atoms with Crippen LogP contribution in [-0.4, -0.2) is 37.1 Å². The molecule has 1 fully saturated rings. The van der Waals surface area contributed by atoms with Crippen LogP contribution in [-0.2, 0) is 14.3 Å². The highest BCUT2D eigenvalue weighted by atomic mass is 17.0. The van der Waals surface area contributed by atoms with Gasteiger partial charge in [-0.3, -0.25) is 0 Å². The molecule has 0 aromatic heterocycles. The van der Waals surface area contributed by atoms with Crippen molar-refractivity contribution in [3.63, 3.8) is 0 Å². The first-order valence-corrected chi connectivity index (χ1v) is 4.74. The fraction of sp³-hybridized carbons (Fsp3) is 1.00. The fourth-order valence-electron chi connectivity index (χ4n) is 1.26. The summed E-state index contributed by atoms with van der Waals surface area (Å²) in [6.07, 6.45) is 1.12. The minimum Gasteiger partial charge on any atom is -0.376 e. The second-order valence-corrected chi connectivity index (χ2v) is 3.17. The number of hydrogen-bond donors (Lipinski definition) is 0. The van der Waals surface area contributed by atoms with E-state index in [-0.39, 0.29) is 12.7 Å². The van der Waals surface area contributed by atoms with Gasteiger partial charge in [0.15, 0.2) is 6.10 Å². The van der Waals surface area contributed by atoms with E-state index in [1.54, 1.807) is 0 Å². The Morgan fingerprint density at radius 1 is 1.50 bits per heavy atom. The van der Waals surface area contributed by atoms with Crippen LogP contribution in [0.25, 0.3) is 0 Å². The lowest BCUT2D eigenvalue weighted by Crippen LogP contribution is -2.32. The largest absolute Gasteiger partial charge is 0.376 e. The summed E-state index contributed by atoms with van der Waals surface area (Å²) in [6.45, 7) is 3.27.